The van der Waals surface area contributed by atoms with Crippen LogP contribution in [0, 0.1) is 5.92 Å². The highest BCUT2D eigenvalue weighted by atomic mass is 32.1. The van der Waals surface area contributed by atoms with E-state index in [-0.39, 0.29) is 6.61 Å². The third-order valence-electron chi connectivity index (χ3n) is 3.75. The maximum absolute atomic E-state index is 9.43. The third kappa shape index (κ3) is 3.46. The highest BCUT2D eigenvalue weighted by molar-refractivity contribution is 7.15. The van der Waals surface area contributed by atoms with Crippen molar-refractivity contribution >= 4 is 16.5 Å². The largest absolute Gasteiger partial charge is 0.391 e. The Morgan fingerprint density at radius 2 is 2.26 bits per heavy atom. The van der Waals surface area contributed by atoms with Crippen LogP contribution in [0.3, 0.4) is 0 Å². The van der Waals surface area contributed by atoms with Gasteiger partial charge >= 0.3 is 0 Å². The van der Waals surface area contributed by atoms with Gasteiger partial charge in [0.15, 0.2) is 5.13 Å². The summed E-state index contributed by atoms with van der Waals surface area (Å²) in [7, 11) is 4.30. The molecule has 1 aliphatic rings. The van der Waals surface area contributed by atoms with E-state index >= 15 is 0 Å². The van der Waals surface area contributed by atoms with Gasteiger partial charge in [-0.2, -0.15) is 0 Å². The molecule has 2 heterocycles. The van der Waals surface area contributed by atoms with Crippen LogP contribution in [-0.4, -0.2) is 48.7 Å². The Labute approximate surface area is 120 Å². The van der Waals surface area contributed by atoms with E-state index < -0.39 is 0 Å². The lowest BCUT2D eigenvalue weighted by molar-refractivity contribution is 0.283. The van der Waals surface area contributed by atoms with Crippen LogP contribution in [0.1, 0.15) is 36.8 Å². The third-order valence-corrected chi connectivity index (χ3v) is 4.92. The molecule has 2 rings (SSSR count). The van der Waals surface area contributed by atoms with E-state index in [9.17, 15) is 5.11 Å². The van der Waals surface area contributed by atoms with Crippen LogP contribution in [0.2, 0.25) is 0 Å². The van der Waals surface area contributed by atoms with Gasteiger partial charge in [0.25, 0.3) is 0 Å². The van der Waals surface area contributed by atoms with Crippen molar-refractivity contribution in [1.29, 1.82) is 0 Å². The van der Waals surface area contributed by atoms with Gasteiger partial charge in [-0.15, -0.1) is 0 Å². The quantitative estimate of drug-likeness (QED) is 0.899. The van der Waals surface area contributed by atoms with Crippen LogP contribution in [0.25, 0.3) is 0 Å². The number of aliphatic hydroxyl groups excluding tert-OH is 1. The highest BCUT2D eigenvalue weighted by Crippen LogP contribution is 2.31. The molecule has 1 N–H and O–H groups in total. The lowest BCUT2D eigenvalue weighted by atomic mass is 10.1. The summed E-state index contributed by atoms with van der Waals surface area (Å²) in [6.45, 7) is 7.80. The number of rotatable bonds is 5. The molecule has 19 heavy (non-hydrogen) atoms. The minimum Gasteiger partial charge on any atom is -0.391 e. The average molecular weight is 283 g/mol. The number of nitrogens with zero attached hydrogens (tertiary/aromatic N) is 3. The molecule has 5 heteroatoms. The molecule has 0 spiro atoms. The molecule has 1 saturated heterocycles. The molecule has 0 saturated carbocycles. The smallest absolute Gasteiger partial charge is 0.185 e. The molecular weight excluding hydrogens is 258 g/mol. The minimum absolute atomic E-state index is 0.102. The number of likely N-dealkylation sites (tertiary alicyclic amines) is 1. The molecule has 108 valence electrons. The second-order valence-electron chi connectivity index (χ2n) is 5.92. The van der Waals surface area contributed by atoms with Crippen LogP contribution >= 0.6 is 11.3 Å². The summed E-state index contributed by atoms with van der Waals surface area (Å²) in [4.78, 5) is 10.4. The number of hydrogen-bond donors (Lipinski definition) is 1. The van der Waals surface area contributed by atoms with Gasteiger partial charge in [-0.3, -0.25) is 0 Å². The second kappa shape index (κ2) is 6.20. The van der Waals surface area contributed by atoms with Gasteiger partial charge in [0, 0.05) is 20.1 Å². The van der Waals surface area contributed by atoms with E-state index in [0.29, 0.717) is 5.92 Å². The SMILES string of the molecule is CC(C)c1nc(N(C)CC2CCN(C)C2)sc1CO. The fourth-order valence-electron chi connectivity index (χ4n) is 2.72. The van der Waals surface area contributed by atoms with E-state index in [1.807, 2.05) is 0 Å². The predicted octanol–water partition coefficient (Wildman–Crippen LogP) is 2.15. The Morgan fingerprint density at radius 3 is 2.74 bits per heavy atom. The van der Waals surface area contributed by atoms with Crippen molar-refractivity contribution in [2.24, 2.45) is 5.92 Å². The average Bonchev–Trinajstić information content (AvgIpc) is 2.95. The van der Waals surface area contributed by atoms with E-state index in [1.165, 1.54) is 19.5 Å². The molecule has 0 amide bonds. The highest BCUT2D eigenvalue weighted by Gasteiger charge is 2.23. The summed E-state index contributed by atoms with van der Waals surface area (Å²) in [6, 6.07) is 0. The Balaban J connectivity index is 2.04. The lowest BCUT2D eigenvalue weighted by Crippen LogP contribution is -2.27. The zero-order valence-electron chi connectivity index (χ0n) is 12.4. The van der Waals surface area contributed by atoms with Gasteiger partial charge in [-0.05, 0) is 31.8 Å². The number of thiazole rings is 1. The van der Waals surface area contributed by atoms with Gasteiger partial charge in [-0.25, -0.2) is 4.98 Å². The van der Waals surface area contributed by atoms with E-state index in [4.69, 9.17) is 4.98 Å². The Bertz CT molecular complexity index is 419. The molecule has 0 aromatic carbocycles. The van der Waals surface area contributed by atoms with Crippen molar-refractivity contribution in [3.63, 3.8) is 0 Å². The molecule has 0 radical (unpaired) electrons. The van der Waals surface area contributed by atoms with Crippen molar-refractivity contribution in [2.75, 3.05) is 38.6 Å². The van der Waals surface area contributed by atoms with Crippen LogP contribution in [0.5, 0.6) is 0 Å². The zero-order chi connectivity index (χ0) is 14.0. The normalized spacial score (nSPS) is 20.4. The molecule has 4 nitrogen and oxygen atoms in total. The lowest BCUT2D eigenvalue weighted by Gasteiger charge is -2.20. The summed E-state index contributed by atoms with van der Waals surface area (Å²) in [6.07, 6.45) is 1.27. The molecule has 0 bridgehead atoms. The van der Waals surface area contributed by atoms with Gasteiger partial charge < -0.3 is 14.9 Å². The van der Waals surface area contributed by atoms with Gasteiger partial charge in [-0.1, -0.05) is 25.2 Å². The zero-order valence-corrected chi connectivity index (χ0v) is 13.2. The number of anilines is 1. The summed E-state index contributed by atoms with van der Waals surface area (Å²) >= 11 is 1.63. The number of aliphatic hydroxyl groups is 1. The van der Waals surface area contributed by atoms with Crippen LogP contribution in [0.15, 0.2) is 0 Å². The van der Waals surface area contributed by atoms with E-state index in [2.05, 4.69) is 37.7 Å². The van der Waals surface area contributed by atoms with E-state index in [1.54, 1.807) is 11.3 Å². The first-order valence-electron chi connectivity index (χ1n) is 7.01. The summed E-state index contributed by atoms with van der Waals surface area (Å²) in [5, 5.41) is 10.5. The van der Waals surface area contributed by atoms with Crippen molar-refractivity contribution in [2.45, 2.75) is 32.8 Å². The maximum Gasteiger partial charge on any atom is 0.185 e. The first-order valence-corrected chi connectivity index (χ1v) is 7.83. The Hall–Kier alpha value is -0.650. The topological polar surface area (TPSA) is 39.6 Å². The van der Waals surface area contributed by atoms with Crippen LogP contribution in [-0.2, 0) is 6.61 Å². The second-order valence-corrected chi connectivity index (χ2v) is 6.98. The van der Waals surface area contributed by atoms with Crippen molar-refractivity contribution in [1.82, 2.24) is 9.88 Å². The summed E-state index contributed by atoms with van der Waals surface area (Å²) in [5.74, 6) is 1.11. The molecular formula is C14H25N3OS. The Kier molecular flexibility index (Phi) is 4.81. The number of aromatic nitrogens is 1. The Morgan fingerprint density at radius 1 is 1.53 bits per heavy atom. The fourth-order valence-corrected chi connectivity index (χ4v) is 3.76. The molecule has 1 fully saturated rings. The maximum atomic E-state index is 9.43. The number of hydrogen-bond acceptors (Lipinski definition) is 5. The molecule has 1 aromatic rings. The monoisotopic (exact) mass is 283 g/mol. The summed E-state index contributed by atoms with van der Waals surface area (Å²) < 4.78 is 0. The first kappa shape index (κ1) is 14.8. The molecule has 1 unspecified atom stereocenters. The molecule has 1 aliphatic heterocycles. The van der Waals surface area contributed by atoms with Gasteiger partial charge in [0.2, 0.25) is 0 Å². The van der Waals surface area contributed by atoms with Crippen molar-refractivity contribution in [3.05, 3.63) is 10.6 Å². The van der Waals surface area contributed by atoms with Crippen molar-refractivity contribution in [3.8, 4) is 0 Å². The van der Waals surface area contributed by atoms with Gasteiger partial charge in [0.1, 0.15) is 0 Å². The fraction of sp³-hybridized carbons (Fsp3) is 0.786. The standard InChI is InChI=1S/C14H25N3OS/c1-10(2)13-12(9-18)19-14(15-13)17(4)8-11-5-6-16(3)7-11/h10-11,18H,5-9H2,1-4H3. The minimum atomic E-state index is 0.102. The van der Waals surface area contributed by atoms with Crippen LogP contribution in [0.4, 0.5) is 5.13 Å². The van der Waals surface area contributed by atoms with Crippen LogP contribution < -0.4 is 4.90 Å². The van der Waals surface area contributed by atoms with E-state index in [0.717, 1.165) is 28.2 Å². The van der Waals surface area contributed by atoms with Gasteiger partial charge in [0.05, 0.1) is 17.2 Å². The summed E-state index contributed by atoms with van der Waals surface area (Å²) in [5.41, 5.74) is 1.05. The predicted molar refractivity (Wildman–Crippen MR) is 81.0 cm³/mol. The molecule has 0 aliphatic carbocycles. The van der Waals surface area contributed by atoms with Crippen molar-refractivity contribution < 1.29 is 5.11 Å². The molecule has 1 aromatic heterocycles. The molecule has 1 atom stereocenters. The first-order chi connectivity index (χ1) is 9.01.